The molecule has 1 aromatic rings. The van der Waals surface area contributed by atoms with Gasteiger partial charge in [0.1, 0.15) is 17.8 Å². The Balaban J connectivity index is 1.50. The SMILES string of the molecule is CC1CCN(c2cc(C(=O)NCCN3CCOCC3)ncn2)CC1. The molecular formula is C17H27N5O2. The first-order chi connectivity index (χ1) is 11.7. The first-order valence-corrected chi connectivity index (χ1v) is 8.87. The van der Waals surface area contributed by atoms with Gasteiger partial charge in [-0.1, -0.05) is 6.92 Å². The molecule has 7 nitrogen and oxygen atoms in total. The predicted molar refractivity (Wildman–Crippen MR) is 92.2 cm³/mol. The first-order valence-electron chi connectivity index (χ1n) is 8.87. The van der Waals surface area contributed by atoms with Gasteiger partial charge in [-0.3, -0.25) is 9.69 Å². The van der Waals surface area contributed by atoms with Gasteiger partial charge in [-0.05, 0) is 18.8 Å². The van der Waals surface area contributed by atoms with Gasteiger partial charge in [0, 0.05) is 45.3 Å². The summed E-state index contributed by atoms with van der Waals surface area (Å²) in [6.07, 6.45) is 3.83. The van der Waals surface area contributed by atoms with Gasteiger partial charge in [0.15, 0.2) is 0 Å². The van der Waals surface area contributed by atoms with Crippen molar-refractivity contribution < 1.29 is 9.53 Å². The molecule has 2 fully saturated rings. The van der Waals surface area contributed by atoms with E-state index < -0.39 is 0 Å². The Morgan fingerprint density at radius 3 is 2.75 bits per heavy atom. The van der Waals surface area contributed by atoms with E-state index in [2.05, 4.69) is 32.0 Å². The minimum absolute atomic E-state index is 0.128. The van der Waals surface area contributed by atoms with E-state index >= 15 is 0 Å². The van der Waals surface area contributed by atoms with Crippen LogP contribution < -0.4 is 10.2 Å². The van der Waals surface area contributed by atoms with Crippen molar-refractivity contribution in [3.63, 3.8) is 0 Å². The molecule has 1 amide bonds. The van der Waals surface area contributed by atoms with Crippen LogP contribution in [0.2, 0.25) is 0 Å². The Hall–Kier alpha value is -1.73. The molecule has 0 aromatic carbocycles. The van der Waals surface area contributed by atoms with Gasteiger partial charge in [-0.15, -0.1) is 0 Å². The van der Waals surface area contributed by atoms with Crippen LogP contribution in [-0.4, -0.2) is 73.3 Å². The van der Waals surface area contributed by atoms with Crippen molar-refractivity contribution in [1.29, 1.82) is 0 Å². The summed E-state index contributed by atoms with van der Waals surface area (Å²) in [6, 6.07) is 1.81. The Morgan fingerprint density at radius 2 is 2.00 bits per heavy atom. The van der Waals surface area contributed by atoms with Crippen LogP contribution in [0, 0.1) is 5.92 Å². The molecule has 0 radical (unpaired) electrons. The zero-order chi connectivity index (χ0) is 16.8. The third-order valence-electron chi connectivity index (χ3n) is 4.81. The summed E-state index contributed by atoms with van der Waals surface area (Å²) in [6.45, 7) is 9.16. The second-order valence-corrected chi connectivity index (χ2v) is 6.64. The number of anilines is 1. The quantitative estimate of drug-likeness (QED) is 0.858. The van der Waals surface area contributed by atoms with E-state index in [1.165, 1.54) is 19.2 Å². The molecule has 24 heavy (non-hydrogen) atoms. The average molecular weight is 333 g/mol. The fraction of sp³-hybridized carbons (Fsp3) is 0.706. The van der Waals surface area contributed by atoms with Gasteiger partial charge in [-0.25, -0.2) is 9.97 Å². The van der Waals surface area contributed by atoms with Gasteiger partial charge in [0.05, 0.1) is 13.2 Å². The van der Waals surface area contributed by atoms with Crippen molar-refractivity contribution in [2.45, 2.75) is 19.8 Å². The minimum atomic E-state index is -0.128. The summed E-state index contributed by atoms with van der Waals surface area (Å²) in [5.41, 5.74) is 0.445. The smallest absolute Gasteiger partial charge is 0.270 e. The predicted octanol–water partition coefficient (Wildman–Crippen LogP) is 0.775. The van der Waals surface area contributed by atoms with Crippen LogP contribution in [0.3, 0.4) is 0 Å². The summed E-state index contributed by atoms with van der Waals surface area (Å²) in [4.78, 5) is 25.3. The zero-order valence-electron chi connectivity index (χ0n) is 14.4. The molecule has 0 atom stereocenters. The van der Waals surface area contributed by atoms with Crippen molar-refractivity contribution in [2.75, 3.05) is 57.4 Å². The number of ether oxygens (including phenoxy) is 1. The van der Waals surface area contributed by atoms with Crippen molar-refractivity contribution in [3.8, 4) is 0 Å². The number of hydrogen-bond acceptors (Lipinski definition) is 6. The second kappa shape index (κ2) is 8.39. The Bertz CT molecular complexity index is 540. The molecule has 1 N–H and O–H groups in total. The molecule has 0 spiro atoms. The second-order valence-electron chi connectivity index (χ2n) is 6.64. The number of rotatable bonds is 5. The van der Waals surface area contributed by atoms with Crippen LogP contribution in [0.4, 0.5) is 5.82 Å². The highest BCUT2D eigenvalue weighted by Gasteiger charge is 2.18. The molecular weight excluding hydrogens is 306 g/mol. The van der Waals surface area contributed by atoms with Crippen LogP contribution >= 0.6 is 0 Å². The molecule has 7 heteroatoms. The van der Waals surface area contributed by atoms with E-state index in [0.717, 1.165) is 57.7 Å². The maximum absolute atomic E-state index is 12.3. The number of nitrogens with zero attached hydrogens (tertiary/aromatic N) is 4. The summed E-state index contributed by atoms with van der Waals surface area (Å²) < 4.78 is 5.32. The van der Waals surface area contributed by atoms with E-state index in [1.54, 1.807) is 6.07 Å². The van der Waals surface area contributed by atoms with Crippen molar-refractivity contribution in [2.24, 2.45) is 5.92 Å². The summed E-state index contributed by atoms with van der Waals surface area (Å²) in [5.74, 6) is 1.50. The number of aromatic nitrogens is 2. The third kappa shape index (κ3) is 4.64. The average Bonchev–Trinajstić information content (AvgIpc) is 2.63. The maximum Gasteiger partial charge on any atom is 0.270 e. The number of nitrogens with one attached hydrogen (secondary N) is 1. The Kier molecular flexibility index (Phi) is 5.98. The monoisotopic (exact) mass is 333 g/mol. The third-order valence-corrected chi connectivity index (χ3v) is 4.81. The van der Waals surface area contributed by atoms with Crippen LogP contribution in [0.25, 0.3) is 0 Å². The van der Waals surface area contributed by atoms with Crippen LogP contribution in [0.5, 0.6) is 0 Å². The van der Waals surface area contributed by atoms with Crippen LogP contribution in [0.1, 0.15) is 30.3 Å². The molecule has 0 aliphatic carbocycles. The van der Waals surface area contributed by atoms with Crippen LogP contribution in [-0.2, 0) is 4.74 Å². The zero-order valence-corrected chi connectivity index (χ0v) is 14.4. The van der Waals surface area contributed by atoms with E-state index in [1.807, 2.05) is 0 Å². The van der Waals surface area contributed by atoms with Gasteiger partial charge >= 0.3 is 0 Å². The fourth-order valence-corrected chi connectivity index (χ4v) is 3.12. The van der Waals surface area contributed by atoms with E-state index in [4.69, 9.17) is 4.74 Å². The Morgan fingerprint density at radius 1 is 1.25 bits per heavy atom. The molecule has 1 aromatic heterocycles. The molecule has 2 saturated heterocycles. The van der Waals surface area contributed by atoms with Gasteiger partial charge < -0.3 is 15.0 Å². The molecule has 3 rings (SSSR count). The number of carbonyl (C=O) groups is 1. The molecule has 0 unspecified atom stereocenters. The molecule has 2 aliphatic heterocycles. The minimum Gasteiger partial charge on any atom is -0.379 e. The van der Waals surface area contributed by atoms with Crippen molar-refractivity contribution >= 4 is 11.7 Å². The lowest BCUT2D eigenvalue weighted by Crippen LogP contribution is -2.41. The largest absolute Gasteiger partial charge is 0.379 e. The number of piperidine rings is 1. The topological polar surface area (TPSA) is 70.6 Å². The van der Waals surface area contributed by atoms with E-state index in [-0.39, 0.29) is 5.91 Å². The highest BCUT2D eigenvalue weighted by molar-refractivity contribution is 5.92. The lowest BCUT2D eigenvalue weighted by molar-refractivity contribution is 0.0383. The molecule has 0 bridgehead atoms. The lowest BCUT2D eigenvalue weighted by atomic mass is 9.99. The standard InChI is InChI=1S/C17H27N5O2/c1-14-2-5-22(6-3-14)16-12-15(19-13-20-16)17(23)18-4-7-21-8-10-24-11-9-21/h12-14H,2-11H2,1H3,(H,18,23). The number of morpholine rings is 1. The maximum atomic E-state index is 12.3. The normalized spacial score (nSPS) is 20.1. The highest BCUT2D eigenvalue weighted by Crippen LogP contribution is 2.21. The lowest BCUT2D eigenvalue weighted by Gasteiger charge is -2.31. The highest BCUT2D eigenvalue weighted by atomic mass is 16.5. The van der Waals surface area contributed by atoms with Crippen LogP contribution in [0.15, 0.2) is 12.4 Å². The number of amides is 1. The molecule has 0 saturated carbocycles. The van der Waals surface area contributed by atoms with E-state index in [0.29, 0.717) is 12.2 Å². The van der Waals surface area contributed by atoms with Crippen molar-refractivity contribution in [1.82, 2.24) is 20.2 Å². The number of carbonyl (C=O) groups excluding carboxylic acids is 1. The molecule has 3 heterocycles. The molecule has 2 aliphatic rings. The summed E-state index contributed by atoms with van der Waals surface area (Å²) >= 11 is 0. The first kappa shape index (κ1) is 17.1. The Labute approximate surface area is 143 Å². The van der Waals surface area contributed by atoms with Crippen molar-refractivity contribution in [3.05, 3.63) is 18.1 Å². The van der Waals surface area contributed by atoms with E-state index in [9.17, 15) is 4.79 Å². The van der Waals surface area contributed by atoms with Gasteiger partial charge in [0.2, 0.25) is 0 Å². The summed E-state index contributed by atoms with van der Waals surface area (Å²) in [7, 11) is 0. The number of hydrogen-bond donors (Lipinski definition) is 1. The fourth-order valence-electron chi connectivity index (χ4n) is 3.12. The van der Waals surface area contributed by atoms with Gasteiger partial charge in [-0.2, -0.15) is 0 Å². The van der Waals surface area contributed by atoms with Gasteiger partial charge in [0.25, 0.3) is 5.91 Å². The summed E-state index contributed by atoms with van der Waals surface area (Å²) in [5, 5.41) is 2.95. The molecule has 132 valence electrons.